The Bertz CT molecular complexity index is 342. The van der Waals surface area contributed by atoms with Gasteiger partial charge in [0.05, 0.1) is 6.61 Å². The van der Waals surface area contributed by atoms with E-state index in [1.165, 1.54) is 31.0 Å². The Morgan fingerprint density at radius 3 is 3.24 bits per heavy atom. The highest BCUT2D eigenvalue weighted by Crippen LogP contribution is 2.14. The van der Waals surface area contributed by atoms with Gasteiger partial charge in [0.25, 0.3) is 0 Å². The molecule has 0 saturated carbocycles. The molecule has 1 aromatic heterocycles. The molecule has 1 atom stereocenters. The number of hydrogen-bond acceptors (Lipinski definition) is 5. The number of thioether (sulfide) groups is 1. The first-order valence-electron chi connectivity index (χ1n) is 6.11. The highest BCUT2D eigenvalue weighted by atomic mass is 32.2. The molecule has 1 aromatic rings. The minimum absolute atomic E-state index is 0.616. The maximum absolute atomic E-state index is 5.65. The topological polar surface area (TPSA) is 47.0 Å². The molecule has 0 amide bonds. The van der Waals surface area contributed by atoms with Gasteiger partial charge in [-0.15, -0.1) is 0 Å². The largest absolute Gasteiger partial charge is 0.478 e. The molecule has 5 heteroatoms. The lowest BCUT2D eigenvalue weighted by atomic mass is 10.0. The van der Waals surface area contributed by atoms with Crippen LogP contribution in [0.5, 0.6) is 5.88 Å². The van der Waals surface area contributed by atoms with E-state index < -0.39 is 0 Å². The zero-order valence-electron chi connectivity index (χ0n) is 10.2. The summed E-state index contributed by atoms with van der Waals surface area (Å²) in [5, 5.41) is 4.27. The van der Waals surface area contributed by atoms with E-state index in [1.807, 2.05) is 12.3 Å². The SMILES string of the molecule is CSc1nccc(OCC[C@H]2CCCCN2)n1. The van der Waals surface area contributed by atoms with Crippen molar-refractivity contribution in [3.63, 3.8) is 0 Å². The van der Waals surface area contributed by atoms with Crippen molar-refractivity contribution in [3.05, 3.63) is 12.3 Å². The Morgan fingerprint density at radius 2 is 2.47 bits per heavy atom. The van der Waals surface area contributed by atoms with Gasteiger partial charge in [-0.05, 0) is 32.1 Å². The van der Waals surface area contributed by atoms with E-state index in [0.29, 0.717) is 11.9 Å². The third kappa shape index (κ3) is 4.16. The lowest BCUT2D eigenvalue weighted by Crippen LogP contribution is -2.35. The van der Waals surface area contributed by atoms with Gasteiger partial charge in [-0.1, -0.05) is 18.2 Å². The highest BCUT2D eigenvalue weighted by molar-refractivity contribution is 7.98. The van der Waals surface area contributed by atoms with Gasteiger partial charge in [-0.2, -0.15) is 4.98 Å². The first kappa shape index (κ1) is 12.6. The third-order valence-electron chi connectivity index (χ3n) is 2.92. The molecule has 0 bridgehead atoms. The molecule has 1 aliphatic heterocycles. The summed E-state index contributed by atoms with van der Waals surface area (Å²) < 4.78 is 5.65. The molecule has 1 aliphatic rings. The number of hydrogen-bond donors (Lipinski definition) is 1. The van der Waals surface area contributed by atoms with E-state index in [9.17, 15) is 0 Å². The van der Waals surface area contributed by atoms with Crippen molar-refractivity contribution in [2.45, 2.75) is 36.9 Å². The Morgan fingerprint density at radius 1 is 1.53 bits per heavy atom. The quantitative estimate of drug-likeness (QED) is 0.643. The van der Waals surface area contributed by atoms with Crippen LogP contribution >= 0.6 is 11.8 Å². The van der Waals surface area contributed by atoms with Crippen LogP contribution in [-0.4, -0.2) is 35.4 Å². The van der Waals surface area contributed by atoms with E-state index in [4.69, 9.17) is 4.74 Å². The highest BCUT2D eigenvalue weighted by Gasteiger charge is 2.12. The number of aromatic nitrogens is 2. The Hall–Kier alpha value is -0.810. The monoisotopic (exact) mass is 253 g/mol. The van der Waals surface area contributed by atoms with Crippen molar-refractivity contribution < 1.29 is 4.74 Å². The lowest BCUT2D eigenvalue weighted by Gasteiger charge is -2.23. The molecule has 1 saturated heterocycles. The van der Waals surface area contributed by atoms with Gasteiger partial charge >= 0.3 is 0 Å². The predicted molar refractivity (Wildman–Crippen MR) is 69.6 cm³/mol. The number of ether oxygens (including phenoxy) is 1. The molecule has 1 N–H and O–H groups in total. The number of nitrogens with zero attached hydrogens (tertiary/aromatic N) is 2. The molecule has 2 rings (SSSR count). The second-order valence-electron chi connectivity index (χ2n) is 4.17. The average molecular weight is 253 g/mol. The van der Waals surface area contributed by atoms with Gasteiger partial charge in [0.1, 0.15) is 0 Å². The molecule has 1 fully saturated rings. The van der Waals surface area contributed by atoms with Gasteiger partial charge in [-0.25, -0.2) is 4.98 Å². The lowest BCUT2D eigenvalue weighted by molar-refractivity contribution is 0.258. The van der Waals surface area contributed by atoms with Crippen LogP contribution in [0.3, 0.4) is 0 Å². The smallest absolute Gasteiger partial charge is 0.217 e. The van der Waals surface area contributed by atoms with E-state index >= 15 is 0 Å². The van der Waals surface area contributed by atoms with Crippen LogP contribution in [-0.2, 0) is 0 Å². The fourth-order valence-corrected chi connectivity index (χ4v) is 2.33. The summed E-state index contributed by atoms with van der Waals surface area (Å²) in [4.78, 5) is 8.40. The van der Waals surface area contributed by atoms with Crippen molar-refractivity contribution in [3.8, 4) is 5.88 Å². The molecule has 0 radical (unpaired) electrons. The molecular formula is C12H19N3OS. The number of piperidine rings is 1. The van der Waals surface area contributed by atoms with Crippen LogP contribution in [0.25, 0.3) is 0 Å². The molecule has 0 spiro atoms. The summed E-state index contributed by atoms with van der Waals surface area (Å²) in [6.07, 6.45) is 8.67. The minimum atomic E-state index is 0.616. The summed E-state index contributed by atoms with van der Waals surface area (Å²) in [6.45, 7) is 1.87. The second kappa shape index (κ2) is 6.81. The normalized spacial score (nSPS) is 20.2. The van der Waals surface area contributed by atoms with E-state index in [2.05, 4.69) is 15.3 Å². The molecular weight excluding hydrogens is 234 g/mol. The second-order valence-corrected chi connectivity index (χ2v) is 4.94. The van der Waals surface area contributed by atoms with Gasteiger partial charge in [0, 0.05) is 18.3 Å². The molecule has 2 heterocycles. The van der Waals surface area contributed by atoms with Crippen LogP contribution in [0, 0.1) is 0 Å². The first-order chi connectivity index (χ1) is 8.38. The first-order valence-corrected chi connectivity index (χ1v) is 7.34. The molecule has 4 nitrogen and oxygen atoms in total. The summed E-state index contributed by atoms with van der Waals surface area (Å²) in [5.41, 5.74) is 0. The zero-order valence-corrected chi connectivity index (χ0v) is 11.0. The summed E-state index contributed by atoms with van der Waals surface area (Å²) in [5.74, 6) is 0.681. The van der Waals surface area contributed by atoms with E-state index in [-0.39, 0.29) is 0 Å². The average Bonchev–Trinajstić information content (AvgIpc) is 2.40. The van der Waals surface area contributed by atoms with E-state index in [0.717, 1.165) is 24.7 Å². The maximum atomic E-state index is 5.65. The summed E-state index contributed by atoms with van der Waals surface area (Å²) >= 11 is 1.53. The standard InChI is InChI=1S/C12H19N3OS/c1-17-12-14-8-5-11(15-12)16-9-6-10-4-2-3-7-13-10/h5,8,10,13H,2-4,6-7,9H2,1H3/t10-/m1/s1. The summed E-state index contributed by atoms with van der Waals surface area (Å²) in [6, 6.07) is 2.43. The molecule has 0 aromatic carbocycles. The maximum Gasteiger partial charge on any atom is 0.217 e. The Kier molecular flexibility index (Phi) is 5.07. The predicted octanol–water partition coefficient (Wildman–Crippen LogP) is 2.11. The van der Waals surface area contributed by atoms with Gasteiger partial charge in [-0.3, -0.25) is 0 Å². The van der Waals surface area contributed by atoms with Crippen molar-refractivity contribution in [1.82, 2.24) is 15.3 Å². The van der Waals surface area contributed by atoms with Crippen molar-refractivity contribution in [2.24, 2.45) is 0 Å². The molecule has 0 aliphatic carbocycles. The minimum Gasteiger partial charge on any atom is -0.478 e. The van der Waals surface area contributed by atoms with Gasteiger partial charge in [0.15, 0.2) is 5.16 Å². The molecule has 17 heavy (non-hydrogen) atoms. The van der Waals surface area contributed by atoms with Crippen LogP contribution in [0.1, 0.15) is 25.7 Å². The van der Waals surface area contributed by atoms with E-state index in [1.54, 1.807) is 6.20 Å². The number of nitrogens with one attached hydrogen (secondary N) is 1. The van der Waals surface area contributed by atoms with Crippen LogP contribution < -0.4 is 10.1 Å². The fourth-order valence-electron chi connectivity index (χ4n) is 1.98. The molecule has 94 valence electrons. The Balaban J connectivity index is 1.73. The van der Waals surface area contributed by atoms with Crippen LogP contribution in [0.4, 0.5) is 0 Å². The third-order valence-corrected chi connectivity index (χ3v) is 3.48. The zero-order chi connectivity index (χ0) is 11.9. The van der Waals surface area contributed by atoms with Crippen LogP contribution in [0.15, 0.2) is 17.4 Å². The van der Waals surface area contributed by atoms with Crippen molar-refractivity contribution >= 4 is 11.8 Å². The van der Waals surface area contributed by atoms with Gasteiger partial charge < -0.3 is 10.1 Å². The molecule has 0 unspecified atom stereocenters. The summed E-state index contributed by atoms with van der Waals surface area (Å²) in [7, 11) is 0. The van der Waals surface area contributed by atoms with Crippen molar-refractivity contribution in [1.29, 1.82) is 0 Å². The van der Waals surface area contributed by atoms with Crippen LogP contribution in [0.2, 0.25) is 0 Å². The van der Waals surface area contributed by atoms with Gasteiger partial charge in [0.2, 0.25) is 5.88 Å². The van der Waals surface area contributed by atoms with Crippen molar-refractivity contribution in [2.75, 3.05) is 19.4 Å². The number of rotatable bonds is 5. The fraction of sp³-hybridized carbons (Fsp3) is 0.667. The Labute approximate surface area is 107 Å².